The predicted octanol–water partition coefficient (Wildman–Crippen LogP) is 7.59. The number of likely N-dealkylation sites (N-methyl/N-ethyl adjacent to an activating group) is 1. The minimum Gasteiger partial charge on any atom is -0.383 e. The van der Waals surface area contributed by atoms with Crippen LogP contribution in [0.2, 0.25) is 0 Å². The van der Waals surface area contributed by atoms with E-state index in [2.05, 4.69) is 114 Å². The molecule has 0 heterocycles. The van der Waals surface area contributed by atoms with Crippen LogP contribution in [-0.2, 0) is 0 Å². The van der Waals surface area contributed by atoms with E-state index in [-0.39, 0.29) is 0 Å². The van der Waals surface area contributed by atoms with Crippen molar-refractivity contribution in [1.29, 1.82) is 0 Å². The Morgan fingerprint density at radius 3 is 1.32 bits per heavy atom. The molecule has 2 rings (SSSR count). The van der Waals surface area contributed by atoms with E-state index in [1.807, 2.05) is 0 Å². The molecule has 0 spiro atoms. The number of nitrogens with zero attached hydrogens (tertiary/aromatic N) is 1. The molecule has 172 valence electrons. The second kappa shape index (κ2) is 11.6. The quantitative estimate of drug-likeness (QED) is 0.364. The van der Waals surface area contributed by atoms with Gasteiger partial charge < -0.3 is 10.6 Å². The van der Waals surface area contributed by atoms with Crippen LogP contribution in [0.3, 0.4) is 0 Å². The van der Waals surface area contributed by atoms with Crippen molar-refractivity contribution in [2.45, 2.75) is 79.1 Å². The highest BCUT2D eigenvalue weighted by Crippen LogP contribution is 2.33. The highest BCUT2D eigenvalue weighted by molar-refractivity contribution is 5.61. The maximum absolute atomic E-state index is 3.76. The first-order chi connectivity index (χ1) is 14.6. The van der Waals surface area contributed by atoms with Gasteiger partial charge in [-0.1, -0.05) is 91.8 Å². The van der Waals surface area contributed by atoms with Crippen LogP contribution < -0.4 is 10.6 Å². The molecule has 0 unspecified atom stereocenters. The second-order valence-electron chi connectivity index (χ2n) is 10.1. The van der Waals surface area contributed by atoms with Gasteiger partial charge in [-0.05, 0) is 53.0 Å². The molecule has 0 saturated heterocycles. The van der Waals surface area contributed by atoms with Gasteiger partial charge in [0.05, 0.1) is 6.67 Å². The fourth-order valence-corrected chi connectivity index (χ4v) is 4.18. The molecule has 0 fully saturated rings. The van der Waals surface area contributed by atoms with Crippen molar-refractivity contribution in [3.8, 4) is 0 Å². The predicted molar refractivity (Wildman–Crippen MR) is 139 cm³/mol. The van der Waals surface area contributed by atoms with Crippen molar-refractivity contribution in [3.05, 3.63) is 58.7 Å². The van der Waals surface area contributed by atoms with Gasteiger partial charge in [0.2, 0.25) is 0 Å². The Balaban J connectivity index is 2.03. The van der Waals surface area contributed by atoms with Crippen molar-refractivity contribution >= 4 is 11.4 Å². The Bertz CT molecular complexity index is 769. The summed E-state index contributed by atoms with van der Waals surface area (Å²) in [5.74, 6) is 2.05. The first-order valence-electron chi connectivity index (χ1n) is 12.0. The van der Waals surface area contributed by atoms with Gasteiger partial charge in [0, 0.05) is 24.5 Å². The van der Waals surface area contributed by atoms with Gasteiger partial charge >= 0.3 is 0 Å². The van der Waals surface area contributed by atoms with Gasteiger partial charge in [0.15, 0.2) is 0 Å². The van der Waals surface area contributed by atoms with Crippen molar-refractivity contribution in [3.63, 3.8) is 0 Å². The Kier molecular flexibility index (Phi) is 9.43. The number of anilines is 2. The first-order valence-corrected chi connectivity index (χ1v) is 12.0. The zero-order valence-electron chi connectivity index (χ0n) is 21.3. The van der Waals surface area contributed by atoms with Crippen LogP contribution >= 0.6 is 0 Å². The summed E-state index contributed by atoms with van der Waals surface area (Å²) in [6, 6.07) is 13.4. The van der Waals surface area contributed by atoms with Crippen molar-refractivity contribution in [1.82, 2.24) is 4.90 Å². The summed E-state index contributed by atoms with van der Waals surface area (Å²) in [5.41, 5.74) is 8.30. The summed E-state index contributed by atoms with van der Waals surface area (Å²) in [7, 11) is 2.19. The van der Waals surface area contributed by atoms with Gasteiger partial charge in [-0.2, -0.15) is 0 Å². The van der Waals surface area contributed by atoms with Crippen molar-refractivity contribution in [2.24, 2.45) is 0 Å². The molecule has 0 aliphatic heterocycles. The van der Waals surface area contributed by atoms with E-state index in [1.54, 1.807) is 0 Å². The van der Waals surface area contributed by atoms with Gasteiger partial charge in [0.1, 0.15) is 0 Å². The molecular formula is C28H45N3. The van der Waals surface area contributed by atoms with E-state index >= 15 is 0 Å². The second-order valence-corrected chi connectivity index (χ2v) is 10.1. The average molecular weight is 424 g/mol. The molecule has 3 nitrogen and oxygen atoms in total. The van der Waals surface area contributed by atoms with E-state index in [0.717, 1.165) is 19.8 Å². The monoisotopic (exact) mass is 423 g/mol. The molecule has 0 aromatic heterocycles. The van der Waals surface area contributed by atoms with Crippen LogP contribution in [0.25, 0.3) is 0 Å². The summed E-state index contributed by atoms with van der Waals surface area (Å²) in [5, 5.41) is 7.51. The minimum atomic E-state index is 0.509. The fraction of sp³-hybridized carbons (Fsp3) is 0.571. The molecule has 0 radical (unpaired) electrons. The largest absolute Gasteiger partial charge is 0.383 e. The Morgan fingerprint density at radius 2 is 0.968 bits per heavy atom. The van der Waals surface area contributed by atoms with E-state index < -0.39 is 0 Å². The Labute approximate surface area is 191 Å². The van der Waals surface area contributed by atoms with E-state index in [0.29, 0.717) is 23.7 Å². The molecule has 0 atom stereocenters. The van der Waals surface area contributed by atoms with Crippen LogP contribution in [0.15, 0.2) is 36.4 Å². The topological polar surface area (TPSA) is 27.3 Å². The smallest absolute Gasteiger partial charge is 0.0676 e. The SMILES string of the molecule is CC(C)c1cccc(C(C)C)c1NCCN(C)CNc1c(C(C)C)cccc1C(C)C. The molecule has 2 aromatic carbocycles. The number of nitrogens with one attached hydrogen (secondary N) is 2. The number of hydrogen-bond acceptors (Lipinski definition) is 3. The van der Waals surface area contributed by atoms with Crippen molar-refractivity contribution in [2.75, 3.05) is 37.4 Å². The molecule has 2 N–H and O–H groups in total. The Hall–Kier alpha value is -2.00. The van der Waals surface area contributed by atoms with E-state index in [9.17, 15) is 0 Å². The van der Waals surface area contributed by atoms with Crippen molar-refractivity contribution < 1.29 is 0 Å². The highest BCUT2D eigenvalue weighted by atomic mass is 15.2. The zero-order valence-corrected chi connectivity index (χ0v) is 21.3. The lowest BCUT2D eigenvalue weighted by molar-refractivity contribution is 0.372. The van der Waals surface area contributed by atoms with Crippen LogP contribution in [0.5, 0.6) is 0 Å². The van der Waals surface area contributed by atoms with Crippen LogP contribution in [0, 0.1) is 0 Å². The molecule has 31 heavy (non-hydrogen) atoms. The summed E-state index contributed by atoms with van der Waals surface area (Å²) in [4.78, 5) is 2.36. The molecule has 0 aliphatic carbocycles. The normalized spacial score (nSPS) is 11.9. The maximum atomic E-state index is 3.76. The number of benzene rings is 2. The zero-order chi connectivity index (χ0) is 23.1. The first kappa shape index (κ1) is 25.3. The third-order valence-corrected chi connectivity index (χ3v) is 6.07. The third kappa shape index (κ3) is 6.74. The summed E-state index contributed by atoms with van der Waals surface area (Å²) >= 11 is 0. The van der Waals surface area contributed by atoms with E-state index in [1.165, 1.54) is 33.6 Å². The third-order valence-electron chi connectivity index (χ3n) is 6.07. The minimum absolute atomic E-state index is 0.509. The maximum Gasteiger partial charge on any atom is 0.0676 e. The summed E-state index contributed by atoms with van der Waals surface area (Å²) in [6.07, 6.45) is 0. The summed E-state index contributed by atoms with van der Waals surface area (Å²) < 4.78 is 0. The molecule has 3 heteroatoms. The highest BCUT2D eigenvalue weighted by Gasteiger charge is 2.15. The number of para-hydroxylation sites is 2. The standard InChI is InChI=1S/C28H45N3/c1-19(2)23-12-10-13-24(20(3)4)27(23)29-16-17-31(9)18-30-28-25(21(5)6)14-11-15-26(28)22(7)8/h10-15,19-22,29-30H,16-18H2,1-9H3. The number of rotatable bonds is 11. The molecule has 0 bridgehead atoms. The lowest BCUT2D eigenvalue weighted by atomic mass is 9.92. The van der Waals surface area contributed by atoms with E-state index in [4.69, 9.17) is 0 Å². The molecule has 0 aliphatic rings. The molecule has 2 aromatic rings. The lowest BCUT2D eigenvalue weighted by Crippen LogP contribution is -2.31. The Morgan fingerprint density at radius 1 is 0.613 bits per heavy atom. The van der Waals surface area contributed by atoms with Gasteiger partial charge in [-0.25, -0.2) is 0 Å². The molecule has 0 saturated carbocycles. The molecule has 0 amide bonds. The number of hydrogen-bond donors (Lipinski definition) is 2. The van der Waals surface area contributed by atoms with Gasteiger partial charge in [0.25, 0.3) is 0 Å². The lowest BCUT2D eigenvalue weighted by Gasteiger charge is -2.25. The van der Waals surface area contributed by atoms with Crippen LogP contribution in [0.4, 0.5) is 11.4 Å². The van der Waals surface area contributed by atoms with Gasteiger partial charge in [-0.15, -0.1) is 0 Å². The average Bonchev–Trinajstić information content (AvgIpc) is 2.71. The summed E-state index contributed by atoms with van der Waals surface area (Å²) in [6.45, 7) is 21.0. The van der Waals surface area contributed by atoms with Crippen LogP contribution in [0.1, 0.15) is 101 Å². The van der Waals surface area contributed by atoms with Crippen LogP contribution in [-0.4, -0.2) is 31.7 Å². The van der Waals surface area contributed by atoms with Gasteiger partial charge in [-0.3, -0.25) is 4.90 Å². The molecular weight excluding hydrogens is 378 g/mol. The fourth-order valence-electron chi connectivity index (χ4n) is 4.18.